The van der Waals surface area contributed by atoms with Crippen LogP contribution in [0.5, 0.6) is 0 Å². The number of benzene rings is 1. The van der Waals surface area contributed by atoms with Gasteiger partial charge in [-0.05, 0) is 24.1 Å². The van der Waals surface area contributed by atoms with Crippen LogP contribution in [0.15, 0.2) is 24.3 Å². The maximum Gasteiger partial charge on any atom is 0.0406 e. The lowest BCUT2D eigenvalue weighted by molar-refractivity contribution is 1.32. The van der Waals surface area contributed by atoms with Gasteiger partial charge in [-0.1, -0.05) is 29.7 Å². The van der Waals surface area contributed by atoms with Crippen LogP contribution >= 0.6 is 11.6 Å². The highest BCUT2D eigenvalue weighted by atomic mass is 35.5. The minimum atomic E-state index is 0.567. The Kier molecular flexibility index (Phi) is 2.36. The monoisotopic (exact) mass is 149 g/mol. The molecule has 1 rings (SSSR count). The van der Waals surface area contributed by atoms with E-state index in [0.717, 1.165) is 10.6 Å². The van der Waals surface area contributed by atoms with Gasteiger partial charge >= 0.3 is 0 Å². The highest BCUT2D eigenvalue weighted by Crippen LogP contribution is 2.09. The van der Waals surface area contributed by atoms with Crippen molar-refractivity contribution in [3.05, 3.63) is 41.3 Å². The zero-order chi connectivity index (χ0) is 7.40. The summed E-state index contributed by atoms with van der Waals surface area (Å²) in [6.07, 6.45) is 7.28. The number of hydrogen-bond donors (Lipinski definition) is 0. The second-order valence-electron chi connectivity index (χ2n) is 1.98. The molecule has 0 aliphatic carbocycles. The molecule has 0 unspecified atom stereocenters. The van der Waals surface area contributed by atoms with Gasteiger partial charge in [-0.2, -0.15) is 0 Å². The summed E-state index contributed by atoms with van der Waals surface area (Å²) in [6.45, 7) is 0. The van der Waals surface area contributed by atoms with E-state index in [-0.39, 0.29) is 0 Å². The van der Waals surface area contributed by atoms with Gasteiger partial charge in [0.25, 0.3) is 0 Å². The van der Waals surface area contributed by atoms with Crippen molar-refractivity contribution in [2.24, 2.45) is 0 Å². The van der Waals surface area contributed by atoms with Crippen LogP contribution < -0.4 is 0 Å². The van der Waals surface area contributed by atoms with Gasteiger partial charge in [0, 0.05) is 11.4 Å². The third-order valence-electron chi connectivity index (χ3n) is 1.21. The Morgan fingerprint density at radius 1 is 1.30 bits per heavy atom. The molecular formula is C9H6Cl. The van der Waals surface area contributed by atoms with E-state index in [4.69, 9.17) is 18.0 Å². The zero-order valence-corrected chi connectivity index (χ0v) is 6.15. The molecule has 1 aromatic rings. The second kappa shape index (κ2) is 3.29. The van der Waals surface area contributed by atoms with Crippen molar-refractivity contribution >= 4 is 11.6 Å². The minimum Gasteiger partial charge on any atom is -0.0843 e. The van der Waals surface area contributed by atoms with E-state index in [0.29, 0.717) is 6.42 Å². The maximum atomic E-state index is 6.71. The van der Waals surface area contributed by atoms with Crippen LogP contribution in [-0.2, 0) is 6.42 Å². The molecule has 10 heavy (non-hydrogen) atoms. The van der Waals surface area contributed by atoms with Gasteiger partial charge in [-0.3, -0.25) is 0 Å². The van der Waals surface area contributed by atoms with Crippen LogP contribution in [0.1, 0.15) is 5.56 Å². The van der Waals surface area contributed by atoms with Crippen molar-refractivity contribution in [3.8, 4) is 5.92 Å². The minimum absolute atomic E-state index is 0.567. The summed E-state index contributed by atoms with van der Waals surface area (Å²) in [5.74, 6) is 2.31. The third-order valence-corrected chi connectivity index (χ3v) is 1.46. The first-order chi connectivity index (χ1) is 4.83. The summed E-state index contributed by atoms with van der Waals surface area (Å²) < 4.78 is 0. The van der Waals surface area contributed by atoms with Crippen LogP contribution in [0, 0.1) is 12.3 Å². The van der Waals surface area contributed by atoms with E-state index in [1.165, 1.54) is 0 Å². The first-order valence-electron chi connectivity index (χ1n) is 2.97. The molecule has 1 radical (unpaired) electrons. The second-order valence-corrected chi connectivity index (χ2v) is 2.42. The molecule has 0 heterocycles. The van der Waals surface area contributed by atoms with E-state index in [1.807, 2.05) is 24.3 Å². The predicted octanol–water partition coefficient (Wildman–Crippen LogP) is 2.47. The Labute approximate surface area is 65.8 Å². The van der Waals surface area contributed by atoms with Crippen molar-refractivity contribution in [1.29, 1.82) is 0 Å². The van der Waals surface area contributed by atoms with E-state index < -0.39 is 0 Å². The van der Waals surface area contributed by atoms with E-state index in [2.05, 4.69) is 5.92 Å². The Morgan fingerprint density at radius 2 is 1.90 bits per heavy atom. The fourth-order valence-corrected chi connectivity index (χ4v) is 0.830. The van der Waals surface area contributed by atoms with Crippen molar-refractivity contribution < 1.29 is 0 Å². The van der Waals surface area contributed by atoms with Crippen LogP contribution in [0.4, 0.5) is 0 Å². The number of halogens is 1. The van der Waals surface area contributed by atoms with E-state index in [9.17, 15) is 0 Å². The van der Waals surface area contributed by atoms with Crippen LogP contribution in [0.3, 0.4) is 0 Å². The van der Waals surface area contributed by atoms with Gasteiger partial charge in [0.1, 0.15) is 0 Å². The van der Waals surface area contributed by atoms with Crippen LogP contribution in [-0.4, -0.2) is 0 Å². The van der Waals surface area contributed by atoms with Gasteiger partial charge in [-0.25, -0.2) is 0 Å². The highest BCUT2D eigenvalue weighted by molar-refractivity contribution is 6.30. The fraction of sp³-hybridized carbons (Fsp3) is 0.111. The standard InChI is InChI=1S/C9H6Cl/c1-2-3-8-4-6-9(10)7-5-8/h4-7H,3H2. The molecule has 0 aliphatic rings. The SMILES string of the molecule is [C]#CCc1ccc(Cl)cc1. The smallest absolute Gasteiger partial charge is 0.0406 e. The largest absolute Gasteiger partial charge is 0.0843 e. The molecule has 0 aromatic heterocycles. The molecular weight excluding hydrogens is 144 g/mol. The zero-order valence-electron chi connectivity index (χ0n) is 5.39. The molecule has 0 N–H and O–H groups in total. The molecule has 0 aliphatic heterocycles. The van der Waals surface area contributed by atoms with Crippen molar-refractivity contribution in [2.45, 2.75) is 6.42 Å². The molecule has 0 fully saturated rings. The first kappa shape index (κ1) is 7.18. The summed E-state index contributed by atoms with van der Waals surface area (Å²) in [5, 5.41) is 0.730. The van der Waals surface area contributed by atoms with Crippen molar-refractivity contribution in [3.63, 3.8) is 0 Å². The molecule has 0 nitrogen and oxygen atoms in total. The molecule has 0 saturated heterocycles. The maximum absolute atomic E-state index is 6.71. The van der Waals surface area contributed by atoms with Crippen LogP contribution in [0.25, 0.3) is 0 Å². The van der Waals surface area contributed by atoms with Crippen LogP contribution in [0.2, 0.25) is 5.02 Å². The topological polar surface area (TPSA) is 0 Å². The molecule has 1 heteroatoms. The van der Waals surface area contributed by atoms with Gasteiger partial charge in [0.05, 0.1) is 0 Å². The Morgan fingerprint density at radius 3 is 2.40 bits per heavy atom. The summed E-state index contributed by atoms with van der Waals surface area (Å²) >= 11 is 5.64. The first-order valence-corrected chi connectivity index (χ1v) is 3.35. The lowest BCUT2D eigenvalue weighted by Gasteiger charge is -1.92. The molecule has 49 valence electrons. The summed E-state index contributed by atoms with van der Waals surface area (Å²) in [6, 6.07) is 7.41. The third kappa shape index (κ3) is 1.79. The lowest BCUT2D eigenvalue weighted by atomic mass is 10.2. The fourth-order valence-electron chi connectivity index (χ4n) is 0.704. The molecule has 0 bridgehead atoms. The molecule has 0 spiro atoms. The normalized spacial score (nSPS) is 8.80. The van der Waals surface area contributed by atoms with Gasteiger partial charge in [0.15, 0.2) is 0 Å². The Hall–Kier alpha value is -0.930. The van der Waals surface area contributed by atoms with Gasteiger partial charge < -0.3 is 0 Å². The average Bonchev–Trinajstić information content (AvgIpc) is 1.95. The lowest BCUT2D eigenvalue weighted by Crippen LogP contribution is -1.77. The molecule has 0 saturated carbocycles. The summed E-state index contributed by atoms with van der Waals surface area (Å²) in [7, 11) is 0. The Balaban J connectivity index is 2.81. The summed E-state index contributed by atoms with van der Waals surface area (Å²) in [5.41, 5.74) is 1.07. The van der Waals surface area contributed by atoms with E-state index >= 15 is 0 Å². The van der Waals surface area contributed by atoms with Gasteiger partial charge in [0.2, 0.25) is 0 Å². The number of rotatable bonds is 1. The van der Waals surface area contributed by atoms with Crippen molar-refractivity contribution in [2.75, 3.05) is 0 Å². The average molecular weight is 150 g/mol. The predicted molar refractivity (Wildman–Crippen MR) is 42.3 cm³/mol. The molecule has 1 aromatic carbocycles. The van der Waals surface area contributed by atoms with E-state index in [1.54, 1.807) is 0 Å². The molecule has 0 atom stereocenters. The quantitative estimate of drug-likeness (QED) is 0.539. The molecule has 0 amide bonds. The highest BCUT2D eigenvalue weighted by Gasteiger charge is 1.88. The Bertz CT molecular complexity index is 240. The van der Waals surface area contributed by atoms with Gasteiger partial charge in [-0.15, -0.1) is 0 Å². The summed E-state index contributed by atoms with van der Waals surface area (Å²) in [4.78, 5) is 0. The van der Waals surface area contributed by atoms with Crippen molar-refractivity contribution in [1.82, 2.24) is 0 Å². The number of hydrogen-bond acceptors (Lipinski definition) is 0.